The topological polar surface area (TPSA) is 101 Å². The van der Waals surface area contributed by atoms with E-state index in [1.54, 1.807) is 7.11 Å². The third-order valence-corrected chi connectivity index (χ3v) is 5.43. The van der Waals surface area contributed by atoms with Crippen LogP contribution in [0.2, 0.25) is 0 Å². The van der Waals surface area contributed by atoms with Gasteiger partial charge in [0, 0.05) is 29.7 Å². The highest BCUT2D eigenvalue weighted by Crippen LogP contribution is 2.29. The fraction of sp³-hybridized carbons (Fsp3) is 0.182. The number of fused-ring (bicyclic) bond motifs is 2. The van der Waals surface area contributed by atoms with Gasteiger partial charge in [0.15, 0.2) is 0 Å². The molecule has 1 aliphatic rings. The van der Waals surface area contributed by atoms with E-state index in [0.717, 1.165) is 28.7 Å². The Kier molecular flexibility index (Phi) is 4.01. The van der Waals surface area contributed by atoms with Crippen molar-refractivity contribution in [1.82, 2.24) is 19.9 Å². The van der Waals surface area contributed by atoms with E-state index in [4.69, 9.17) is 10.1 Å². The second-order valence-electron chi connectivity index (χ2n) is 7.17. The summed E-state index contributed by atoms with van der Waals surface area (Å²) in [6.45, 7) is 0.958. The number of methoxy groups -OCH3 is 1. The summed E-state index contributed by atoms with van der Waals surface area (Å²) in [5, 5.41) is 20.3. The van der Waals surface area contributed by atoms with Crippen molar-refractivity contribution in [2.45, 2.75) is 6.42 Å². The first-order valence-electron chi connectivity index (χ1n) is 9.49. The average Bonchev–Trinajstić information content (AvgIpc) is 3.41. The number of aromatic nitrogens is 3. The van der Waals surface area contributed by atoms with Gasteiger partial charge >= 0.3 is 0 Å². The molecule has 5 rings (SSSR count). The Morgan fingerprint density at radius 1 is 1.21 bits per heavy atom. The van der Waals surface area contributed by atoms with Gasteiger partial charge in [0.25, 0.3) is 0 Å². The van der Waals surface area contributed by atoms with E-state index in [1.807, 2.05) is 41.4 Å². The Morgan fingerprint density at radius 3 is 2.93 bits per heavy atom. The van der Waals surface area contributed by atoms with Crippen LogP contribution in [-0.4, -0.2) is 51.0 Å². The van der Waals surface area contributed by atoms with Gasteiger partial charge in [0.05, 0.1) is 30.3 Å². The molecule has 7 heteroatoms. The molecule has 2 aromatic carbocycles. The molecule has 4 N–H and O–H groups in total. The van der Waals surface area contributed by atoms with Crippen LogP contribution in [0.5, 0.6) is 5.75 Å². The van der Waals surface area contributed by atoms with Crippen LogP contribution in [0.15, 0.2) is 54.4 Å². The number of nitrogens with one attached hydrogen (secondary N) is 3. The van der Waals surface area contributed by atoms with Crippen molar-refractivity contribution < 1.29 is 9.84 Å². The van der Waals surface area contributed by atoms with Crippen molar-refractivity contribution >= 4 is 33.3 Å². The summed E-state index contributed by atoms with van der Waals surface area (Å²) in [5.41, 5.74) is 4.35. The van der Waals surface area contributed by atoms with Crippen LogP contribution < -0.4 is 4.74 Å². The molecule has 0 bridgehead atoms. The molecule has 2 aromatic heterocycles. The molecule has 0 saturated carbocycles. The standard InChI is InChI=1S/C22H21N5O2/c1-29-14-6-7-17-18(10-14)26-22(25-17)20-19(28)12-27(21(20)23)9-8-13-11-24-16-5-3-2-4-15(13)16/h2-7,10-11,23-24,28H,8-9,12H2,1H3,(H,25,26). The lowest BCUT2D eigenvalue weighted by Gasteiger charge is -2.18. The smallest absolute Gasteiger partial charge is 0.145 e. The molecule has 0 aliphatic carbocycles. The van der Waals surface area contributed by atoms with E-state index in [9.17, 15) is 5.11 Å². The minimum absolute atomic E-state index is 0.167. The minimum Gasteiger partial charge on any atom is -0.510 e. The predicted molar refractivity (Wildman–Crippen MR) is 113 cm³/mol. The van der Waals surface area contributed by atoms with Crippen LogP contribution in [0.4, 0.5) is 0 Å². The van der Waals surface area contributed by atoms with Gasteiger partial charge in [0.2, 0.25) is 0 Å². The molecule has 0 fully saturated rings. The normalized spacial score (nSPS) is 14.5. The molecule has 0 radical (unpaired) electrons. The lowest BCUT2D eigenvalue weighted by molar-refractivity contribution is 0.351. The quantitative estimate of drug-likeness (QED) is 0.418. The second-order valence-corrected chi connectivity index (χ2v) is 7.17. The number of H-pyrrole nitrogens is 2. The van der Waals surface area contributed by atoms with Gasteiger partial charge in [-0.3, -0.25) is 5.41 Å². The van der Waals surface area contributed by atoms with E-state index in [0.29, 0.717) is 24.5 Å². The van der Waals surface area contributed by atoms with E-state index in [2.05, 4.69) is 27.1 Å². The number of nitrogens with zero attached hydrogens (tertiary/aromatic N) is 2. The van der Waals surface area contributed by atoms with Crippen molar-refractivity contribution in [3.63, 3.8) is 0 Å². The number of hydrogen-bond acceptors (Lipinski definition) is 4. The van der Waals surface area contributed by atoms with Gasteiger partial charge in [-0.15, -0.1) is 0 Å². The summed E-state index contributed by atoms with van der Waals surface area (Å²) in [5.74, 6) is 1.69. The van der Waals surface area contributed by atoms with E-state index < -0.39 is 0 Å². The summed E-state index contributed by atoms with van der Waals surface area (Å²) in [7, 11) is 1.62. The van der Waals surface area contributed by atoms with Gasteiger partial charge in [-0.1, -0.05) is 18.2 Å². The summed E-state index contributed by atoms with van der Waals surface area (Å²) in [6.07, 6.45) is 2.80. The maximum atomic E-state index is 10.5. The van der Waals surface area contributed by atoms with Crippen LogP contribution in [-0.2, 0) is 6.42 Å². The lowest BCUT2D eigenvalue weighted by Crippen LogP contribution is -2.29. The fourth-order valence-corrected chi connectivity index (χ4v) is 3.90. The summed E-state index contributed by atoms with van der Waals surface area (Å²) >= 11 is 0. The van der Waals surface area contributed by atoms with E-state index in [1.165, 1.54) is 10.9 Å². The molecule has 1 aliphatic heterocycles. The van der Waals surface area contributed by atoms with Crippen molar-refractivity contribution in [2.75, 3.05) is 20.2 Å². The van der Waals surface area contributed by atoms with Gasteiger partial charge < -0.3 is 24.7 Å². The largest absolute Gasteiger partial charge is 0.510 e. The first kappa shape index (κ1) is 17.4. The van der Waals surface area contributed by atoms with Gasteiger partial charge in [-0.25, -0.2) is 4.98 Å². The fourth-order valence-electron chi connectivity index (χ4n) is 3.90. The zero-order valence-corrected chi connectivity index (χ0v) is 16.0. The molecule has 4 aromatic rings. The van der Waals surface area contributed by atoms with Crippen LogP contribution in [0, 0.1) is 5.41 Å². The molecule has 0 spiro atoms. The Bertz CT molecular complexity index is 1270. The van der Waals surface area contributed by atoms with E-state index >= 15 is 0 Å². The molecule has 29 heavy (non-hydrogen) atoms. The number of aromatic amines is 2. The summed E-state index contributed by atoms with van der Waals surface area (Å²) in [6, 6.07) is 13.7. The highest BCUT2D eigenvalue weighted by Gasteiger charge is 2.30. The number of rotatable bonds is 5. The zero-order valence-electron chi connectivity index (χ0n) is 16.0. The SMILES string of the molecule is COc1ccc2nc(C3=C(O)CN(CCc4c[nH]c5ccccc45)C3=N)[nH]c2c1. The third-order valence-electron chi connectivity index (χ3n) is 5.43. The molecular formula is C22H21N5O2. The maximum Gasteiger partial charge on any atom is 0.145 e. The Balaban J connectivity index is 1.36. The predicted octanol–water partition coefficient (Wildman–Crippen LogP) is 3.86. The zero-order chi connectivity index (χ0) is 20.0. The number of benzene rings is 2. The second kappa shape index (κ2) is 6.70. The van der Waals surface area contributed by atoms with Crippen molar-refractivity contribution in [3.05, 3.63) is 65.8 Å². The number of hydrogen-bond donors (Lipinski definition) is 4. The first-order chi connectivity index (χ1) is 14.1. The molecule has 146 valence electrons. The molecule has 3 heterocycles. The molecule has 7 nitrogen and oxygen atoms in total. The Labute approximate surface area is 167 Å². The third kappa shape index (κ3) is 2.91. The number of ether oxygens (including phenoxy) is 1. The van der Waals surface area contributed by atoms with Crippen molar-refractivity contribution in [3.8, 4) is 5.75 Å². The molecule has 0 amide bonds. The van der Waals surface area contributed by atoms with Crippen LogP contribution in [0.3, 0.4) is 0 Å². The Morgan fingerprint density at radius 2 is 2.07 bits per heavy atom. The highest BCUT2D eigenvalue weighted by molar-refractivity contribution is 6.23. The van der Waals surface area contributed by atoms with Crippen LogP contribution >= 0.6 is 0 Å². The van der Waals surface area contributed by atoms with Gasteiger partial charge in [0.1, 0.15) is 23.2 Å². The molecule has 0 unspecified atom stereocenters. The summed E-state index contributed by atoms with van der Waals surface area (Å²) < 4.78 is 5.25. The number of para-hydroxylation sites is 1. The van der Waals surface area contributed by atoms with Crippen molar-refractivity contribution in [1.29, 1.82) is 5.41 Å². The van der Waals surface area contributed by atoms with Crippen LogP contribution in [0.1, 0.15) is 11.4 Å². The highest BCUT2D eigenvalue weighted by atomic mass is 16.5. The number of imidazole rings is 1. The van der Waals surface area contributed by atoms with Crippen LogP contribution in [0.25, 0.3) is 27.5 Å². The first-order valence-corrected chi connectivity index (χ1v) is 9.49. The maximum absolute atomic E-state index is 10.5. The molecule has 0 atom stereocenters. The molecule has 0 saturated heterocycles. The van der Waals surface area contributed by atoms with E-state index in [-0.39, 0.29) is 11.6 Å². The van der Waals surface area contributed by atoms with Gasteiger partial charge in [-0.2, -0.15) is 0 Å². The van der Waals surface area contributed by atoms with Crippen molar-refractivity contribution in [2.24, 2.45) is 0 Å². The average molecular weight is 387 g/mol. The summed E-state index contributed by atoms with van der Waals surface area (Å²) in [4.78, 5) is 12.9. The van der Waals surface area contributed by atoms with Gasteiger partial charge in [-0.05, 0) is 30.2 Å². The number of aliphatic hydroxyl groups is 1. The monoisotopic (exact) mass is 387 g/mol. The minimum atomic E-state index is 0.167. The lowest BCUT2D eigenvalue weighted by atomic mass is 10.1. The number of aliphatic hydroxyl groups excluding tert-OH is 1. The molecular weight excluding hydrogens is 366 g/mol. The Hall–Kier alpha value is -3.74. The number of amidine groups is 1.